The summed E-state index contributed by atoms with van der Waals surface area (Å²) in [6, 6.07) is 7.54. The van der Waals surface area contributed by atoms with E-state index in [4.69, 9.17) is 10.5 Å². The maximum atomic E-state index is 12.7. The Bertz CT molecular complexity index is 948. The molecule has 1 amide bonds. The molecular formula is C19H23N5O2. The normalized spacial score (nSPS) is 11.1. The third-order valence-corrected chi connectivity index (χ3v) is 4.09. The Morgan fingerprint density at radius 3 is 2.77 bits per heavy atom. The van der Waals surface area contributed by atoms with E-state index in [-0.39, 0.29) is 5.91 Å². The molecule has 0 radical (unpaired) electrons. The largest absolute Gasteiger partial charge is 0.384 e. The second-order valence-electron chi connectivity index (χ2n) is 5.85. The number of amides is 1. The second kappa shape index (κ2) is 7.97. The van der Waals surface area contributed by atoms with E-state index in [9.17, 15) is 4.79 Å². The van der Waals surface area contributed by atoms with Gasteiger partial charge in [-0.3, -0.25) is 4.79 Å². The number of carbonyl (C=O) groups is 1. The average Bonchev–Trinajstić information content (AvgIpc) is 2.91. The lowest BCUT2D eigenvalue weighted by Gasteiger charge is -2.06. The third kappa shape index (κ3) is 3.39. The molecule has 0 bridgehead atoms. The van der Waals surface area contributed by atoms with Crippen molar-refractivity contribution in [3.8, 4) is 0 Å². The maximum Gasteiger partial charge on any atom is 0.257 e. The van der Waals surface area contributed by atoms with Crippen LogP contribution in [0.15, 0.2) is 36.9 Å². The van der Waals surface area contributed by atoms with Crippen molar-refractivity contribution in [2.24, 2.45) is 0 Å². The lowest BCUT2D eigenvalue weighted by atomic mass is 10.2. The smallest absolute Gasteiger partial charge is 0.257 e. The zero-order valence-corrected chi connectivity index (χ0v) is 14.9. The molecule has 0 saturated heterocycles. The fourth-order valence-corrected chi connectivity index (χ4v) is 2.86. The minimum atomic E-state index is -0.253. The number of benzene rings is 1. The Morgan fingerprint density at radius 2 is 2.08 bits per heavy atom. The van der Waals surface area contributed by atoms with Crippen LogP contribution in [0.2, 0.25) is 0 Å². The Kier molecular flexibility index (Phi) is 5.48. The van der Waals surface area contributed by atoms with Crippen molar-refractivity contribution >= 4 is 33.9 Å². The SMILES string of the molecule is C=CCn1c(N)c(C(=O)NCCCOCC)c2nc3ccccc3nc21. The number of nitrogen functional groups attached to an aromatic ring is 1. The molecule has 0 spiro atoms. The van der Waals surface area contributed by atoms with Gasteiger partial charge in [-0.25, -0.2) is 9.97 Å². The molecule has 3 aromatic rings. The number of nitrogens with two attached hydrogens (primary N) is 1. The number of allylic oxidation sites excluding steroid dienone is 1. The molecule has 1 aromatic carbocycles. The van der Waals surface area contributed by atoms with E-state index in [1.807, 2.05) is 31.2 Å². The summed E-state index contributed by atoms with van der Waals surface area (Å²) in [5.74, 6) is 0.0916. The lowest BCUT2D eigenvalue weighted by Crippen LogP contribution is -2.26. The summed E-state index contributed by atoms with van der Waals surface area (Å²) in [4.78, 5) is 22.0. The fourth-order valence-electron chi connectivity index (χ4n) is 2.86. The van der Waals surface area contributed by atoms with E-state index in [0.29, 0.717) is 48.8 Å². The number of nitrogens with zero attached hydrogens (tertiary/aromatic N) is 3. The zero-order chi connectivity index (χ0) is 18.5. The number of rotatable bonds is 8. The van der Waals surface area contributed by atoms with Gasteiger partial charge in [0.05, 0.1) is 11.0 Å². The van der Waals surface area contributed by atoms with Crippen molar-refractivity contribution in [1.29, 1.82) is 0 Å². The van der Waals surface area contributed by atoms with Crippen LogP contribution in [-0.2, 0) is 11.3 Å². The van der Waals surface area contributed by atoms with Crippen LogP contribution in [0.1, 0.15) is 23.7 Å². The van der Waals surface area contributed by atoms with Crippen molar-refractivity contribution < 1.29 is 9.53 Å². The highest BCUT2D eigenvalue weighted by Gasteiger charge is 2.23. The first-order valence-corrected chi connectivity index (χ1v) is 8.68. The van der Waals surface area contributed by atoms with Crippen LogP contribution in [-0.4, -0.2) is 40.2 Å². The van der Waals surface area contributed by atoms with Crippen LogP contribution in [0.3, 0.4) is 0 Å². The molecule has 3 N–H and O–H groups in total. The molecule has 0 aliphatic heterocycles. The van der Waals surface area contributed by atoms with E-state index >= 15 is 0 Å². The fraction of sp³-hybridized carbons (Fsp3) is 0.316. The summed E-state index contributed by atoms with van der Waals surface area (Å²) in [7, 11) is 0. The summed E-state index contributed by atoms with van der Waals surface area (Å²) in [5.41, 5.74) is 9.19. The Hall–Kier alpha value is -2.93. The summed E-state index contributed by atoms with van der Waals surface area (Å²) in [6.07, 6.45) is 2.45. The quantitative estimate of drug-likeness (QED) is 0.479. The van der Waals surface area contributed by atoms with E-state index in [1.165, 1.54) is 0 Å². The highest BCUT2D eigenvalue weighted by atomic mass is 16.5. The molecule has 2 aromatic heterocycles. The first-order chi connectivity index (χ1) is 12.7. The molecule has 0 atom stereocenters. The van der Waals surface area contributed by atoms with Gasteiger partial charge in [0.25, 0.3) is 5.91 Å². The van der Waals surface area contributed by atoms with Crippen LogP contribution in [0.5, 0.6) is 0 Å². The monoisotopic (exact) mass is 353 g/mol. The zero-order valence-electron chi connectivity index (χ0n) is 14.9. The van der Waals surface area contributed by atoms with Gasteiger partial charge in [0, 0.05) is 26.3 Å². The number of hydrogen-bond acceptors (Lipinski definition) is 5. The molecule has 2 heterocycles. The summed E-state index contributed by atoms with van der Waals surface area (Å²) in [5, 5.41) is 2.89. The van der Waals surface area contributed by atoms with Gasteiger partial charge in [-0.2, -0.15) is 0 Å². The first kappa shape index (κ1) is 17.9. The van der Waals surface area contributed by atoms with Crippen molar-refractivity contribution in [1.82, 2.24) is 19.9 Å². The van der Waals surface area contributed by atoms with Gasteiger partial charge in [0.15, 0.2) is 5.65 Å². The molecule has 3 rings (SSSR count). The highest BCUT2D eigenvalue weighted by Crippen LogP contribution is 2.27. The van der Waals surface area contributed by atoms with Crippen LogP contribution in [0.25, 0.3) is 22.2 Å². The van der Waals surface area contributed by atoms with Crippen LogP contribution in [0, 0.1) is 0 Å². The van der Waals surface area contributed by atoms with Gasteiger partial charge in [0.1, 0.15) is 16.9 Å². The van der Waals surface area contributed by atoms with Gasteiger partial charge in [0.2, 0.25) is 0 Å². The molecule has 0 saturated carbocycles. The molecule has 0 unspecified atom stereocenters. The maximum absolute atomic E-state index is 12.7. The minimum Gasteiger partial charge on any atom is -0.384 e. The van der Waals surface area contributed by atoms with Gasteiger partial charge < -0.3 is 20.4 Å². The van der Waals surface area contributed by atoms with Crippen LogP contribution < -0.4 is 11.1 Å². The van der Waals surface area contributed by atoms with Gasteiger partial charge in [-0.15, -0.1) is 6.58 Å². The van der Waals surface area contributed by atoms with Crippen LogP contribution >= 0.6 is 0 Å². The molecule has 7 heteroatoms. The summed E-state index contributed by atoms with van der Waals surface area (Å²) >= 11 is 0. The average molecular weight is 353 g/mol. The molecule has 7 nitrogen and oxygen atoms in total. The first-order valence-electron chi connectivity index (χ1n) is 8.68. The van der Waals surface area contributed by atoms with Crippen molar-refractivity contribution in [3.05, 3.63) is 42.5 Å². The second-order valence-corrected chi connectivity index (χ2v) is 5.85. The van der Waals surface area contributed by atoms with E-state index in [1.54, 1.807) is 10.6 Å². The highest BCUT2D eigenvalue weighted by molar-refractivity contribution is 6.10. The Balaban J connectivity index is 2.00. The van der Waals surface area contributed by atoms with Crippen LogP contribution in [0.4, 0.5) is 5.82 Å². The van der Waals surface area contributed by atoms with E-state index < -0.39 is 0 Å². The molecule has 0 aliphatic carbocycles. The number of para-hydroxylation sites is 2. The number of ether oxygens (including phenoxy) is 1. The van der Waals surface area contributed by atoms with Crippen molar-refractivity contribution in [2.45, 2.75) is 19.9 Å². The summed E-state index contributed by atoms with van der Waals surface area (Å²) < 4.78 is 7.05. The van der Waals surface area contributed by atoms with Gasteiger partial charge in [-0.05, 0) is 25.5 Å². The standard InChI is InChI=1S/C19H23N5O2/c1-3-11-24-17(20)15(19(25)21-10-7-12-26-4-2)16-18(24)23-14-9-6-5-8-13(14)22-16/h3,5-6,8-9H,1,4,7,10-12,20H2,2H3,(H,21,25). The number of anilines is 1. The number of fused-ring (bicyclic) bond motifs is 2. The molecular weight excluding hydrogens is 330 g/mol. The molecule has 0 fully saturated rings. The van der Waals surface area contributed by atoms with Gasteiger partial charge >= 0.3 is 0 Å². The molecule has 0 aliphatic rings. The molecule has 26 heavy (non-hydrogen) atoms. The predicted molar refractivity (Wildman–Crippen MR) is 103 cm³/mol. The third-order valence-electron chi connectivity index (χ3n) is 4.09. The topological polar surface area (TPSA) is 95.1 Å². The van der Waals surface area contributed by atoms with E-state index in [2.05, 4.69) is 21.9 Å². The number of nitrogens with one attached hydrogen (secondary N) is 1. The number of carbonyl (C=O) groups excluding carboxylic acids is 1. The van der Waals surface area contributed by atoms with E-state index in [0.717, 1.165) is 17.5 Å². The predicted octanol–water partition coefficient (Wildman–Crippen LogP) is 2.51. The molecule has 136 valence electrons. The van der Waals surface area contributed by atoms with Crippen molar-refractivity contribution in [3.63, 3.8) is 0 Å². The Morgan fingerprint density at radius 1 is 1.35 bits per heavy atom. The minimum absolute atomic E-state index is 0.253. The number of aromatic nitrogens is 3. The van der Waals surface area contributed by atoms with Crippen molar-refractivity contribution in [2.75, 3.05) is 25.5 Å². The summed E-state index contributed by atoms with van der Waals surface area (Å²) in [6.45, 7) is 7.93. The van der Waals surface area contributed by atoms with Gasteiger partial charge in [-0.1, -0.05) is 18.2 Å². The lowest BCUT2D eigenvalue weighted by molar-refractivity contribution is 0.0946. The Labute approximate surface area is 151 Å². The number of hydrogen-bond donors (Lipinski definition) is 2.